The number of aliphatic hydroxyl groups is 1. The molecule has 1 aliphatic heterocycles. The summed E-state index contributed by atoms with van der Waals surface area (Å²) >= 11 is 5.97. The number of hydrogen-bond donors (Lipinski definition) is 8. The number of carbonyl (C=O) groups excluding carboxylic acids is 6. The van der Waals surface area contributed by atoms with E-state index in [1.165, 1.54) is 13.8 Å². The third-order valence-electron chi connectivity index (χ3n) is 9.02. The minimum absolute atomic E-state index is 0.0251. The number of benzene rings is 2. The van der Waals surface area contributed by atoms with Gasteiger partial charge in [0.2, 0.25) is 23.6 Å². The maximum absolute atomic E-state index is 13.3. The van der Waals surface area contributed by atoms with Gasteiger partial charge in [0.15, 0.2) is 5.78 Å². The molecule has 3 rings (SSSR count). The highest BCUT2D eigenvalue weighted by molar-refractivity contribution is 6.30. The highest BCUT2D eigenvalue weighted by Gasteiger charge is 2.46. The molecular formula is C38H54ClN7O8. The summed E-state index contributed by atoms with van der Waals surface area (Å²) in [5.41, 5.74) is 13.4. The number of carbonyl (C=O) groups is 6. The van der Waals surface area contributed by atoms with Crippen molar-refractivity contribution < 1.29 is 38.6 Å². The molecule has 0 aliphatic carbocycles. The topological polar surface area (TPSA) is 247 Å². The summed E-state index contributed by atoms with van der Waals surface area (Å²) in [5.74, 6) is -3.76. The number of Topliss-reactive ketones (excluding diaryl/α,β-unsaturated/α-hetero) is 1. The molecule has 296 valence electrons. The van der Waals surface area contributed by atoms with Gasteiger partial charge in [-0.2, -0.15) is 0 Å². The van der Waals surface area contributed by atoms with Gasteiger partial charge in [0.25, 0.3) is 5.91 Å². The van der Waals surface area contributed by atoms with E-state index in [9.17, 15) is 33.9 Å². The first-order valence-corrected chi connectivity index (χ1v) is 18.7. The predicted molar refractivity (Wildman–Crippen MR) is 204 cm³/mol. The van der Waals surface area contributed by atoms with Crippen molar-refractivity contribution in [1.29, 1.82) is 0 Å². The van der Waals surface area contributed by atoms with Crippen LogP contribution in [0.1, 0.15) is 76.6 Å². The molecule has 1 aliphatic rings. The summed E-state index contributed by atoms with van der Waals surface area (Å²) in [5, 5.41) is 23.9. The van der Waals surface area contributed by atoms with Crippen molar-refractivity contribution in [3.63, 3.8) is 0 Å². The van der Waals surface area contributed by atoms with E-state index in [4.69, 9.17) is 27.8 Å². The summed E-state index contributed by atoms with van der Waals surface area (Å²) in [6, 6.07) is 8.17. The van der Waals surface area contributed by atoms with Crippen LogP contribution in [0.3, 0.4) is 0 Å². The van der Waals surface area contributed by atoms with Crippen LogP contribution in [0.2, 0.25) is 5.02 Å². The number of halogens is 1. The van der Waals surface area contributed by atoms with E-state index in [0.717, 1.165) is 24.0 Å². The van der Waals surface area contributed by atoms with Gasteiger partial charge < -0.3 is 47.9 Å². The van der Waals surface area contributed by atoms with E-state index in [2.05, 4.69) is 26.6 Å². The number of epoxide rings is 1. The van der Waals surface area contributed by atoms with Gasteiger partial charge in [0.05, 0.1) is 18.2 Å². The van der Waals surface area contributed by atoms with Crippen LogP contribution >= 0.6 is 11.6 Å². The van der Waals surface area contributed by atoms with Crippen molar-refractivity contribution in [2.45, 2.75) is 115 Å². The number of rotatable bonds is 22. The second kappa shape index (κ2) is 21.5. The SMILES string of the molecule is CCCC1OC1C(=O)[C@H](C)NC(=O)[C@H](CCCCN)NC(=O)[C@H](C)NC(=O)[C@@H](NC(=O)[C@H](CCN)NC(=O)c1ccc(-c2ccc(Cl)cc2)cc1)[C@@H](C)O. The van der Waals surface area contributed by atoms with Crippen molar-refractivity contribution in [3.05, 3.63) is 59.1 Å². The molecule has 2 unspecified atom stereocenters. The summed E-state index contributed by atoms with van der Waals surface area (Å²) in [4.78, 5) is 78.9. The molecule has 8 atom stereocenters. The molecule has 0 radical (unpaired) electrons. The number of amides is 5. The van der Waals surface area contributed by atoms with E-state index in [1.807, 2.05) is 19.1 Å². The molecule has 0 aromatic heterocycles. The van der Waals surface area contributed by atoms with Gasteiger partial charge in [-0.15, -0.1) is 0 Å². The molecule has 2 aromatic rings. The molecule has 15 nitrogen and oxygen atoms in total. The fourth-order valence-corrected chi connectivity index (χ4v) is 5.87. The van der Waals surface area contributed by atoms with Crippen LogP contribution in [0.25, 0.3) is 11.1 Å². The van der Waals surface area contributed by atoms with Gasteiger partial charge in [-0.3, -0.25) is 28.8 Å². The lowest BCUT2D eigenvalue weighted by molar-refractivity contribution is -0.135. The number of nitrogens with one attached hydrogen (secondary N) is 5. The van der Waals surface area contributed by atoms with Gasteiger partial charge >= 0.3 is 0 Å². The number of nitrogens with two attached hydrogens (primary N) is 2. The van der Waals surface area contributed by atoms with E-state index >= 15 is 0 Å². The molecule has 10 N–H and O–H groups in total. The lowest BCUT2D eigenvalue weighted by Crippen LogP contribution is -2.60. The number of ketones is 1. The van der Waals surface area contributed by atoms with Gasteiger partial charge in [0, 0.05) is 10.6 Å². The third kappa shape index (κ3) is 13.2. The molecule has 0 saturated carbocycles. The molecule has 1 saturated heterocycles. The van der Waals surface area contributed by atoms with Crippen LogP contribution < -0.4 is 38.1 Å². The number of aliphatic hydroxyl groups excluding tert-OH is 1. The minimum Gasteiger partial charge on any atom is -0.391 e. The Kier molecular flexibility index (Phi) is 17.5. The van der Waals surface area contributed by atoms with Gasteiger partial charge in [0.1, 0.15) is 30.3 Å². The van der Waals surface area contributed by atoms with Crippen LogP contribution in [-0.4, -0.2) is 102 Å². The summed E-state index contributed by atoms with van der Waals surface area (Å²) in [7, 11) is 0. The van der Waals surface area contributed by atoms with E-state index in [1.54, 1.807) is 43.3 Å². The molecule has 16 heteroatoms. The predicted octanol–water partition coefficient (Wildman–Crippen LogP) is 1.08. The normalized spacial score (nSPS) is 18.1. The monoisotopic (exact) mass is 771 g/mol. The molecule has 5 amide bonds. The first-order chi connectivity index (χ1) is 25.7. The van der Waals surface area contributed by atoms with E-state index < -0.39 is 72.0 Å². The second-order valence-electron chi connectivity index (χ2n) is 13.5. The highest BCUT2D eigenvalue weighted by atomic mass is 35.5. The first-order valence-electron chi connectivity index (χ1n) is 18.4. The van der Waals surface area contributed by atoms with Crippen molar-refractivity contribution >= 4 is 46.9 Å². The Bertz CT molecular complexity index is 1590. The Balaban J connectivity index is 1.60. The zero-order valence-corrected chi connectivity index (χ0v) is 32.0. The Hall–Kier alpha value is -4.41. The van der Waals surface area contributed by atoms with Gasteiger partial charge in [-0.05, 0) is 101 Å². The molecule has 0 bridgehead atoms. The number of ether oxygens (including phenoxy) is 1. The zero-order chi connectivity index (χ0) is 39.9. The Morgan fingerprint density at radius 3 is 1.87 bits per heavy atom. The van der Waals surface area contributed by atoms with Crippen molar-refractivity contribution in [2.75, 3.05) is 13.1 Å². The standard InChI is InChI=1S/C38H54ClN7O8/c1-5-8-30-33(54-30)32(48)21(2)42-36(51)28(9-6-7-19-40)44-34(49)22(3)43-38(53)31(23(4)47)46-37(52)29(18-20-41)45-35(50)26-12-10-24(11-13-26)25-14-16-27(39)17-15-25/h10-17,21-23,28-31,33,47H,5-9,18-20,40-41H2,1-4H3,(H,42,51)(H,43,53)(H,44,49)(H,45,50)(H,46,52)/t21-,22-,23+,28-,29-,30?,31-,33?/m0/s1. The van der Waals surface area contributed by atoms with Crippen LogP contribution in [0, 0.1) is 0 Å². The smallest absolute Gasteiger partial charge is 0.251 e. The van der Waals surface area contributed by atoms with Crippen LogP contribution in [0.5, 0.6) is 0 Å². The minimum atomic E-state index is -1.51. The third-order valence-corrected chi connectivity index (χ3v) is 9.27. The van der Waals surface area contributed by atoms with Crippen molar-refractivity contribution in [3.8, 4) is 11.1 Å². The van der Waals surface area contributed by atoms with E-state index in [-0.39, 0.29) is 36.8 Å². The van der Waals surface area contributed by atoms with E-state index in [0.29, 0.717) is 24.4 Å². The summed E-state index contributed by atoms with van der Waals surface area (Å²) in [6.45, 7) is 6.61. The molecule has 1 fully saturated rings. The van der Waals surface area contributed by atoms with Gasteiger partial charge in [-0.1, -0.05) is 49.2 Å². The maximum atomic E-state index is 13.3. The summed E-state index contributed by atoms with van der Waals surface area (Å²) < 4.78 is 5.44. The first kappa shape index (κ1) is 44.0. The second-order valence-corrected chi connectivity index (χ2v) is 13.9. The van der Waals surface area contributed by atoms with Gasteiger partial charge in [-0.25, -0.2) is 0 Å². The molecule has 1 heterocycles. The maximum Gasteiger partial charge on any atom is 0.251 e. The van der Waals surface area contributed by atoms with Crippen molar-refractivity contribution in [2.24, 2.45) is 11.5 Å². The Morgan fingerprint density at radius 2 is 1.30 bits per heavy atom. The fourth-order valence-electron chi connectivity index (χ4n) is 5.75. The van der Waals surface area contributed by atoms with Crippen molar-refractivity contribution in [1.82, 2.24) is 26.6 Å². The number of unbranched alkanes of at least 4 members (excludes halogenated alkanes) is 1. The molecule has 2 aromatic carbocycles. The van der Waals surface area contributed by atoms with Crippen LogP contribution in [-0.2, 0) is 28.7 Å². The average molecular weight is 772 g/mol. The lowest BCUT2D eigenvalue weighted by atomic mass is 10.0. The highest BCUT2D eigenvalue weighted by Crippen LogP contribution is 2.28. The zero-order valence-electron chi connectivity index (χ0n) is 31.2. The Morgan fingerprint density at radius 1 is 0.722 bits per heavy atom. The fraction of sp³-hybridized carbons (Fsp3) is 0.526. The molecular weight excluding hydrogens is 718 g/mol. The largest absolute Gasteiger partial charge is 0.391 e. The quantitative estimate of drug-likeness (QED) is 0.0625. The Labute approximate surface area is 321 Å². The lowest BCUT2D eigenvalue weighted by Gasteiger charge is -2.26. The van der Waals surface area contributed by atoms with Crippen LogP contribution in [0.4, 0.5) is 0 Å². The average Bonchev–Trinajstić information content (AvgIpc) is 3.92. The van der Waals surface area contributed by atoms with Crippen LogP contribution in [0.15, 0.2) is 48.5 Å². The molecule has 54 heavy (non-hydrogen) atoms. The summed E-state index contributed by atoms with van der Waals surface area (Å²) in [6.07, 6.45) is 0.825. The molecule has 0 spiro atoms. The number of hydrogen-bond acceptors (Lipinski definition) is 10.